The van der Waals surface area contributed by atoms with Crippen LogP contribution in [0.2, 0.25) is 0 Å². The number of rotatable bonds is 3. The zero-order valence-corrected chi connectivity index (χ0v) is 9.71. The van der Waals surface area contributed by atoms with Crippen molar-refractivity contribution in [2.45, 2.75) is 13.1 Å². The first kappa shape index (κ1) is 14.1. The molecule has 0 fully saturated rings. The Kier molecular flexibility index (Phi) is 4.00. The molecule has 0 amide bonds. The van der Waals surface area contributed by atoms with E-state index < -0.39 is 23.3 Å². The Morgan fingerprint density at radius 1 is 1.33 bits per heavy atom. The van der Waals surface area contributed by atoms with Gasteiger partial charge in [0.1, 0.15) is 5.75 Å². The Bertz CT molecular complexity index is 490. The summed E-state index contributed by atoms with van der Waals surface area (Å²) in [6, 6.07) is 5.19. The van der Waals surface area contributed by atoms with E-state index in [1.807, 2.05) is 0 Å². The van der Waals surface area contributed by atoms with Crippen LogP contribution in [0.5, 0.6) is 5.75 Å². The maximum absolute atomic E-state index is 12.9. The number of hydrogen-bond donors (Lipinski definition) is 1. The summed E-state index contributed by atoms with van der Waals surface area (Å²) in [7, 11) is 1.32. The first-order chi connectivity index (χ1) is 8.27. The Balaban J connectivity index is 3.45. The standard InChI is InChI=1S/C12H11F3O3/c1-7(11(16)17)10(12(13,14)15)8-4-3-5-9(6-8)18-2/h3-6H,1-2H3,(H,16,17)/b10-7-. The monoisotopic (exact) mass is 260 g/mol. The fraction of sp³-hybridized carbons (Fsp3) is 0.250. The van der Waals surface area contributed by atoms with E-state index in [0.29, 0.717) is 0 Å². The van der Waals surface area contributed by atoms with Gasteiger partial charge in [0.05, 0.1) is 12.7 Å². The number of aliphatic carboxylic acids is 1. The second-order valence-electron chi connectivity index (χ2n) is 3.53. The summed E-state index contributed by atoms with van der Waals surface area (Å²) in [5, 5.41) is 8.71. The minimum Gasteiger partial charge on any atom is -0.497 e. The highest BCUT2D eigenvalue weighted by atomic mass is 19.4. The molecule has 6 heteroatoms. The zero-order chi connectivity index (χ0) is 13.9. The van der Waals surface area contributed by atoms with Crippen LogP contribution in [0.1, 0.15) is 12.5 Å². The normalized spacial score (nSPS) is 12.9. The Hall–Kier alpha value is -1.98. The van der Waals surface area contributed by atoms with Crippen molar-refractivity contribution >= 4 is 11.5 Å². The van der Waals surface area contributed by atoms with Gasteiger partial charge in [0.25, 0.3) is 0 Å². The smallest absolute Gasteiger partial charge is 0.417 e. The van der Waals surface area contributed by atoms with Gasteiger partial charge in [0.15, 0.2) is 0 Å². The number of halogens is 3. The van der Waals surface area contributed by atoms with Gasteiger partial charge in [-0.1, -0.05) is 12.1 Å². The molecular formula is C12H11F3O3. The molecule has 1 aromatic rings. The van der Waals surface area contributed by atoms with Gasteiger partial charge in [-0.05, 0) is 24.6 Å². The number of ether oxygens (including phenoxy) is 1. The maximum Gasteiger partial charge on any atom is 0.417 e. The summed E-state index contributed by atoms with van der Waals surface area (Å²) in [5.41, 5.74) is -2.16. The molecule has 0 spiro atoms. The maximum atomic E-state index is 12.9. The van der Waals surface area contributed by atoms with Crippen LogP contribution in [-0.4, -0.2) is 24.4 Å². The summed E-state index contributed by atoms with van der Waals surface area (Å²) in [4.78, 5) is 10.7. The second kappa shape index (κ2) is 5.12. The van der Waals surface area contributed by atoms with Crippen molar-refractivity contribution in [3.05, 3.63) is 35.4 Å². The predicted molar refractivity (Wildman–Crippen MR) is 59.3 cm³/mol. The van der Waals surface area contributed by atoms with E-state index in [9.17, 15) is 18.0 Å². The molecule has 98 valence electrons. The van der Waals surface area contributed by atoms with E-state index in [1.54, 1.807) is 0 Å². The molecule has 0 saturated carbocycles. The molecule has 0 heterocycles. The number of allylic oxidation sites excluding steroid dienone is 1. The van der Waals surface area contributed by atoms with Crippen LogP contribution < -0.4 is 4.74 Å². The SMILES string of the molecule is COc1cccc(/C(=C(\C)C(=O)O)C(F)(F)F)c1. The average molecular weight is 260 g/mol. The third kappa shape index (κ3) is 3.03. The Morgan fingerprint density at radius 2 is 1.94 bits per heavy atom. The van der Waals surface area contributed by atoms with Crippen molar-refractivity contribution in [1.29, 1.82) is 0 Å². The molecule has 0 aliphatic rings. The molecule has 1 aromatic carbocycles. The molecule has 0 aliphatic carbocycles. The van der Waals surface area contributed by atoms with Gasteiger partial charge in [0, 0.05) is 5.57 Å². The first-order valence-electron chi connectivity index (χ1n) is 4.93. The van der Waals surface area contributed by atoms with Gasteiger partial charge in [0.2, 0.25) is 0 Å². The zero-order valence-electron chi connectivity index (χ0n) is 9.71. The molecule has 0 atom stereocenters. The summed E-state index contributed by atoms with van der Waals surface area (Å²) < 4.78 is 43.5. The van der Waals surface area contributed by atoms with E-state index >= 15 is 0 Å². The van der Waals surface area contributed by atoms with Crippen LogP contribution >= 0.6 is 0 Å². The molecular weight excluding hydrogens is 249 g/mol. The fourth-order valence-corrected chi connectivity index (χ4v) is 1.48. The largest absolute Gasteiger partial charge is 0.497 e. The number of carbonyl (C=O) groups is 1. The number of alkyl halides is 3. The average Bonchev–Trinajstić information content (AvgIpc) is 2.27. The van der Waals surface area contributed by atoms with Crippen molar-refractivity contribution in [2.75, 3.05) is 7.11 Å². The number of methoxy groups -OCH3 is 1. The van der Waals surface area contributed by atoms with Gasteiger partial charge in [-0.25, -0.2) is 4.79 Å². The van der Waals surface area contributed by atoms with Gasteiger partial charge < -0.3 is 9.84 Å². The van der Waals surface area contributed by atoms with Crippen LogP contribution in [0.3, 0.4) is 0 Å². The Morgan fingerprint density at radius 3 is 2.39 bits per heavy atom. The van der Waals surface area contributed by atoms with E-state index in [-0.39, 0.29) is 11.3 Å². The molecule has 0 bridgehead atoms. The topological polar surface area (TPSA) is 46.5 Å². The van der Waals surface area contributed by atoms with Crippen LogP contribution in [-0.2, 0) is 4.79 Å². The predicted octanol–water partition coefficient (Wildman–Crippen LogP) is 3.12. The van der Waals surface area contributed by atoms with Gasteiger partial charge in [-0.15, -0.1) is 0 Å². The van der Waals surface area contributed by atoms with Crippen molar-refractivity contribution in [2.24, 2.45) is 0 Å². The highest BCUT2D eigenvalue weighted by Gasteiger charge is 2.38. The molecule has 1 N–H and O–H groups in total. The first-order valence-corrected chi connectivity index (χ1v) is 4.93. The molecule has 0 radical (unpaired) electrons. The Labute approximate surface area is 101 Å². The van der Waals surface area contributed by atoms with Crippen molar-refractivity contribution in [1.82, 2.24) is 0 Å². The highest BCUT2D eigenvalue weighted by molar-refractivity contribution is 5.97. The van der Waals surface area contributed by atoms with E-state index in [0.717, 1.165) is 13.0 Å². The highest BCUT2D eigenvalue weighted by Crippen LogP contribution is 2.37. The van der Waals surface area contributed by atoms with Crippen molar-refractivity contribution in [3.8, 4) is 5.75 Å². The van der Waals surface area contributed by atoms with Crippen LogP contribution in [0.25, 0.3) is 5.57 Å². The fourth-order valence-electron chi connectivity index (χ4n) is 1.48. The second-order valence-corrected chi connectivity index (χ2v) is 3.53. The van der Waals surface area contributed by atoms with Crippen molar-refractivity contribution < 1.29 is 27.8 Å². The lowest BCUT2D eigenvalue weighted by molar-refractivity contribution is -0.133. The third-order valence-electron chi connectivity index (χ3n) is 2.34. The molecule has 0 unspecified atom stereocenters. The quantitative estimate of drug-likeness (QED) is 0.849. The van der Waals surface area contributed by atoms with Crippen LogP contribution in [0.4, 0.5) is 13.2 Å². The molecule has 0 aromatic heterocycles. The molecule has 0 aliphatic heterocycles. The van der Waals surface area contributed by atoms with Crippen LogP contribution in [0.15, 0.2) is 29.8 Å². The summed E-state index contributed by atoms with van der Waals surface area (Å²) in [6.07, 6.45) is -4.74. The third-order valence-corrected chi connectivity index (χ3v) is 2.34. The van der Waals surface area contributed by atoms with E-state index in [1.165, 1.54) is 25.3 Å². The van der Waals surface area contributed by atoms with Gasteiger partial charge >= 0.3 is 12.1 Å². The van der Waals surface area contributed by atoms with E-state index in [4.69, 9.17) is 9.84 Å². The summed E-state index contributed by atoms with van der Waals surface area (Å²) >= 11 is 0. The molecule has 3 nitrogen and oxygen atoms in total. The van der Waals surface area contributed by atoms with Gasteiger partial charge in [-0.3, -0.25) is 0 Å². The lowest BCUT2D eigenvalue weighted by Gasteiger charge is -2.14. The minimum atomic E-state index is -4.74. The summed E-state index contributed by atoms with van der Waals surface area (Å²) in [6.45, 7) is 0.921. The summed E-state index contributed by atoms with van der Waals surface area (Å²) in [5.74, 6) is -1.38. The number of benzene rings is 1. The molecule has 18 heavy (non-hydrogen) atoms. The van der Waals surface area contributed by atoms with Crippen molar-refractivity contribution in [3.63, 3.8) is 0 Å². The number of carboxylic acid groups (broad SMARTS) is 1. The lowest BCUT2D eigenvalue weighted by atomic mass is 10.00. The lowest BCUT2D eigenvalue weighted by Crippen LogP contribution is -2.16. The molecule has 0 saturated heterocycles. The van der Waals surface area contributed by atoms with E-state index in [2.05, 4.69) is 0 Å². The number of hydrogen-bond acceptors (Lipinski definition) is 2. The molecule has 1 rings (SSSR count). The minimum absolute atomic E-state index is 0.229. The van der Waals surface area contributed by atoms with Crippen LogP contribution in [0, 0.1) is 0 Å². The van der Waals surface area contributed by atoms with Gasteiger partial charge in [-0.2, -0.15) is 13.2 Å². The number of carboxylic acids is 1.